The molecule has 17 nitrogen and oxygen atoms in total. The number of hydrogen-bond acceptors (Lipinski definition) is 14. The Kier molecular flexibility index (Phi) is 11.7. The van der Waals surface area contributed by atoms with E-state index in [2.05, 4.69) is 27.7 Å². The average Bonchev–Trinajstić information content (AvgIpc) is 3.13. The molecule has 7 rings (SSSR count). The highest BCUT2D eigenvalue weighted by molar-refractivity contribution is 5.95. The average molecular weight is 840 g/mol. The Balaban J connectivity index is 0.00000585. The van der Waals surface area contributed by atoms with Crippen LogP contribution >= 0.6 is 0 Å². The van der Waals surface area contributed by atoms with Crippen LogP contribution in [0.2, 0.25) is 0 Å². The third-order valence-electron chi connectivity index (χ3n) is 17.2. The summed E-state index contributed by atoms with van der Waals surface area (Å²) >= 11 is 0. The standard InChI is InChI=1S/C42H62O16.H3N/c1-37(2)21-8-11-42(7)31(20(43)16-18-19-17-39(4,36(53)54)13-12-38(19,3)14-15-41(18,42)6)40(21,5)10-9-22(37)55-35-30(26(47)25(46)29(57-35)33(51)52)58-34-27(48)23(44)24(45)28(56-34)32(49)50;/h16,19,21-31,34-35,44-48H,8-15,17H2,1-7H3,(H,49,50)(H,51,52)(H,53,54);1H3/t19-,21-,22-,23-,24-,25-,26-,27+,28-,29-,30-,31+,34-,35-,38+,39-,40+,41+,42+;/m0./s1. The van der Waals surface area contributed by atoms with E-state index in [4.69, 9.17) is 18.9 Å². The highest BCUT2D eigenvalue weighted by Crippen LogP contribution is 2.75. The van der Waals surface area contributed by atoms with Crippen molar-refractivity contribution in [1.82, 2.24) is 6.15 Å². The minimum absolute atomic E-state index is 0. The predicted octanol–water partition coefficient (Wildman–Crippen LogP) is 2.41. The molecule has 0 aromatic rings. The van der Waals surface area contributed by atoms with Gasteiger partial charge in [-0.05, 0) is 110 Å². The molecule has 2 aliphatic heterocycles. The van der Waals surface area contributed by atoms with Crippen LogP contribution in [0.5, 0.6) is 0 Å². The molecular formula is C42H65NO16. The van der Waals surface area contributed by atoms with Gasteiger partial charge in [0.2, 0.25) is 0 Å². The van der Waals surface area contributed by atoms with Gasteiger partial charge in [-0.1, -0.05) is 47.1 Å². The summed E-state index contributed by atoms with van der Waals surface area (Å²) in [5.74, 6) is -4.47. The number of rotatable bonds is 7. The quantitative estimate of drug-likeness (QED) is 0.166. The Labute approximate surface area is 344 Å². The molecule has 0 amide bonds. The molecule has 6 fully saturated rings. The van der Waals surface area contributed by atoms with Gasteiger partial charge in [-0.15, -0.1) is 0 Å². The lowest BCUT2D eigenvalue weighted by molar-refractivity contribution is -0.371. The van der Waals surface area contributed by atoms with Crippen LogP contribution < -0.4 is 6.15 Å². The summed E-state index contributed by atoms with van der Waals surface area (Å²) in [5.41, 5.74) is -1.81. The van der Waals surface area contributed by atoms with Crippen molar-refractivity contribution in [1.29, 1.82) is 0 Å². The fourth-order valence-corrected chi connectivity index (χ4v) is 13.4. The summed E-state index contributed by atoms with van der Waals surface area (Å²) in [7, 11) is 0. The smallest absolute Gasteiger partial charge is 0.335 e. The zero-order valence-corrected chi connectivity index (χ0v) is 35.1. The Hall–Kier alpha value is -2.58. The Morgan fingerprint density at radius 3 is 1.86 bits per heavy atom. The van der Waals surface area contributed by atoms with Crippen molar-refractivity contribution in [3.8, 4) is 0 Å². The van der Waals surface area contributed by atoms with Crippen LogP contribution in [0.4, 0.5) is 0 Å². The predicted molar refractivity (Wildman–Crippen MR) is 204 cm³/mol. The topological polar surface area (TPSA) is 302 Å². The van der Waals surface area contributed by atoms with Gasteiger partial charge in [-0.2, -0.15) is 0 Å². The zero-order valence-electron chi connectivity index (χ0n) is 35.1. The van der Waals surface area contributed by atoms with E-state index in [-0.39, 0.29) is 40.5 Å². The fourth-order valence-electron chi connectivity index (χ4n) is 13.4. The summed E-state index contributed by atoms with van der Waals surface area (Å²) in [4.78, 5) is 51.3. The van der Waals surface area contributed by atoms with Crippen LogP contribution in [0.25, 0.3) is 0 Å². The normalized spacial score (nSPS) is 51.7. The van der Waals surface area contributed by atoms with Crippen molar-refractivity contribution >= 4 is 23.7 Å². The summed E-state index contributed by atoms with van der Waals surface area (Å²) < 4.78 is 23.4. The van der Waals surface area contributed by atoms with Gasteiger partial charge in [0.1, 0.15) is 36.6 Å². The van der Waals surface area contributed by atoms with E-state index in [1.165, 1.54) is 0 Å². The molecule has 4 saturated carbocycles. The van der Waals surface area contributed by atoms with E-state index < -0.39 is 107 Å². The van der Waals surface area contributed by atoms with Crippen molar-refractivity contribution in [2.45, 2.75) is 174 Å². The van der Waals surface area contributed by atoms with E-state index in [9.17, 15) is 60.0 Å². The van der Waals surface area contributed by atoms with Gasteiger partial charge in [0, 0.05) is 5.92 Å². The van der Waals surface area contributed by atoms with Crippen LogP contribution in [0.1, 0.15) is 106 Å². The molecular weight excluding hydrogens is 774 g/mol. The number of aliphatic carboxylic acids is 3. The van der Waals surface area contributed by atoms with Crippen LogP contribution in [-0.2, 0) is 38.1 Å². The minimum Gasteiger partial charge on any atom is -0.481 e. The van der Waals surface area contributed by atoms with E-state index in [1.54, 1.807) is 0 Å². The first kappa shape index (κ1) is 45.9. The number of carbonyl (C=O) groups is 4. The lowest BCUT2D eigenvalue weighted by atomic mass is 9.33. The number of hydrogen-bond donors (Lipinski definition) is 9. The summed E-state index contributed by atoms with van der Waals surface area (Å²) in [6.45, 7) is 14.8. The van der Waals surface area contributed by atoms with Crippen molar-refractivity contribution in [3.05, 3.63) is 11.6 Å². The van der Waals surface area contributed by atoms with Crippen LogP contribution in [0, 0.1) is 50.2 Å². The lowest BCUT2D eigenvalue weighted by Gasteiger charge is -2.70. The summed E-state index contributed by atoms with van der Waals surface area (Å²) in [5, 5.41) is 83.0. The second-order valence-electron chi connectivity index (χ2n) is 20.6. The van der Waals surface area contributed by atoms with E-state index in [0.29, 0.717) is 25.7 Å². The summed E-state index contributed by atoms with van der Waals surface area (Å²) in [6.07, 6.45) is -12.2. The molecule has 11 N–H and O–H groups in total. The molecule has 2 heterocycles. The van der Waals surface area contributed by atoms with Gasteiger partial charge in [-0.25, -0.2) is 9.59 Å². The minimum atomic E-state index is -2.05. The Bertz CT molecular complexity index is 1740. The molecule has 0 unspecified atom stereocenters. The van der Waals surface area contributed by atoms with E-state index in [0.717, 1.165) is 37.7 Å². The number of allylic oxidation sites excluding steroid dienone is 2. The number of aliphatic hydroxyl groups excluding tert-OH is 5. The van der Waals surface area contributed by atoms with E-state index in [1.807, 2.05) is 26.8 Å². The fraction of sp³-hybridized carbons (Fsp3) is 0.857. The first-order chi connectivity index (χ1) is 26.8. The number of carboxylic acid groups (broad SMARTS) is 3. The van der Waals surface area contributed by atoms with Crippen LogP contribution in [0.15, 0.2) is 11.6 Å². The molecule has 19 atom stereocenters. The third kappa shape index (κ3) is 6.72. The molecule has 2 saturated heterocycles. The second kappa shape index (κ2) is 15.1. The number of ketones is 1. The van der Waals surface area contributed by atoms with Gasteiger partial charge in [0.05, 0.1) is 11.5 Å². The first-order valence-corrected chi connectivity index (χ1v) is 20.7. The van der Waals surface area contributed by atoms with Crippen molar-refractivity contribution in [2.75, 3.05) is 0 Å². The van der Waals surface area contributed by atoms with Gasteiger partial charge < -0.3 is 66.0 Å². The molecule has 0 aromatic heterocycles. The van der Waals surface area contributed by atoms with E-state index >= 15 is 0 Å². The molecule has 0 aromatic carbocycles. The van der Waals surface area contributed by atoms with Gasteiger partial charge >= 0.3 is 17.9 Å². The van der Waals surface area contributed by atoms with Crippen molar-refractivity contribution in [3.63, 3.8) is 0 Å². The van der Waals surface area contributed by atoms with Crippen molar-refractivity contribution in [2.24, 2.45) is 50.2 Å². The molecule has 7 aliphatic rings. The van der Waals surface area contributed by atoms with Crippen molar-refractivity contribution < 1.29 is 79.0 Å². The number of fused-ring (bicyclic) bond motifs is 7. The maximum atomic E-state index is 14.8. The maximum absolute atomic E-state index is 14.8. The maximum Gasteiger partial charge on any atom is 0.335 e. The molecule has 0 spiro atoms. The Morgan fingerprint density at radius 1 is 0.695 bits per heavy atom. The Morgan fingerprint density at radius 2 is 1.27 bits per heavy atom. The third-order valence-corrected chi connectivity index (χ3v) is 17.2. The molecule has 0 bridgehead atoms. The zero-order chi connectivity index (χ0) is 42.9. The number of aliphatic hydroxyl groups is 5. The highest BCUT2D eigenvalue weighted by atomic mass is 16.8. The largest absolute Gasteiger partial charge is 0.481 e. The molecule has 17 heteroatoms. The first-order valence-electron chi connectivity index (χ1n) is 20.7. The molecule has 334 valence electrons. The number of ether oxygens (including phenoxy) is 4. The molecule has 59 heavy (non-hydrogen) atoms. The van der Waals surface area contributed by atoms with Gasteiger partial charge in [-0.3, -0.25) is 9.59 Å². The molecule has 5 aliphatic carbocycles. The van der Waals surface area contributed by atoms with Gasteiger partial charge in [0.25, 0.3) is 0 Å². The summed E-state index contributed by atoms with van der Waals surface area (Å²) in [6, 6.07) is 0. The highest BCUT2D eigenvalue weighted by Gasteiger charge is 2.71. The van der Waals surface area contributed by atoms with Gasteiger partial charge in [0.15, 0.2) is 30.6 Å². The van der Waals surface area contributed by atoms with Crippen LogP contribution in [0.3, 0.4) is 0 Å². The molecule has 0 radical (unpaired) electrons. The SMILES string of the molecule is CC1(C)[C@@H](O[C@H]2O[C@H](C(=O)O)[C@@H](O)[C@H](O)[C@@H]2O[C@@H]2O[C@H](C(=O)O)[C@@H](O)[C@H](O)[C@H]2O)CC[C@@]2(C)[C@H]3C(=O)C=C4[C@@H]5C[C@@](C)(C(=O)O)CC[C@]5(C)CC[C@@]4(C)[C@]3(C)CC[C@@H]12.N. The lowest BCUT2D eigenvalue weighted by Crippen LogP contribution is -2.68. The number of carbonyl (C=O) groups excluding carboxylic acids is 1. The number of carboxylic acids is 3. The van der Waals surface area contributed by atoms with Crippen LogP contribution in [-0.4, -0.2) is 132 Å². The monoisotopic (exact) mass is 839 g/mol. The second-order valence-corrected chi connectivity index (χ2v) is 20.6.